The topological polar surface area (TPSA) is 0 Å². The van der Waals surface area contributed by atoms with Crippen molar-refractivity contribution >= 4 is 41.6 Å². The molecule has 0 bridgehead atoms. The fourth-order valence-corrected chi connectivity index (χ4v) is 24.5. The van der Waals surface area contributed by atoms with Crippen molar-refractivity contribution in [2.24, 2.45) is 0 Å². The molecule has 0 heterocycles. The fraction of sp³-hybridized carbons (Fsp3) is 0.412. The van der Waals surface area contributed by atoms with Crippen LogP contribution in [0.2, 0.25) is 13.3 Å². The van der Waals surface area contributed by atoms with Gasteiger partial charge in [0.1, 0.15) is 0 Å². The predicted molar refractivity (Wildman–Crippen MR) is 169 cm³/mol. The third kappa shape index (κ3) is 7.81. The van der Waals surface area contributed by atoms with Crippen molar-refractivity contribution in [2.75, 3.05) is 6.16 Å². The normalized spacial score (nSPS) is 12.3. The summed E-state index contributed by atoms with van der Waals surface area (Å²) in [6.45, 7) is 7.12. The average molecular weight is 606 g/mol. The second-order valence-electron chi connectivity index (χ2n) is 10.4. The van der Waals surface area contributed by atoms with Crippen LogP contribution in [0.1, 0.15) is 65.7 Å². The summed E-state index contributed by atoms with van der Waals surface area (Å²) in [5.74, 6) is 0. The summed E-state index contributed by atoms with van der Waals surface area (Å²) in [7, 11) is -1.73. The van der Waals surface area contributed by atoms with Gasteiger partial charge in [-0.05, 0) is 0 Å². The van der Waals surface area contributed by atoms with Gasteiger partial charge in [0.05, 0.1) is 0 Å². The molecule has 0 aliphatic carbocycles. The van der Waals surface area contributed by atoms with Crippen LogP contribution in [-0.2, 0) is 0 Å². The summed E-state index contributed by atoms with van der Waals surface area (Å²) in [6, 6.07) is 34.1. The summed E-state index contributed by atoms with van der Waals surface area (Å²) < 4.78 is 7.54. The van der Waals surface area contributed by atoms with Gasteiger partial charge in [0, 0.05) is 0 Å². The van der Waals surface area contributed by atoms with Crippen molar-refractivity contribution in [2.45, 2.75) is 79.0 Å². The van der Waals surface area contributed by atoms with Crippen molar-refractivity contribution < 1.29 is 0 Å². The van der Waals surface area contributed by atoms with Crippen molar-refractivity contribution in [3.05, 3.63) is 101 Å². The molecule has 192 valence electrons. The monoisotopic (exact) mass is 607 g/mol. The number of hydrogen-bond acceptors (Lipinski definition) is 0. The van der Waals surface area contributed by atoms with E-state index in [9.17, 15) is 0 Å². The van der Waals surface area contributed by atoms with E-state index < -0.39 is 25.6 Å². The van der Waals surface area contributed by atoms with Gasteiger partial charge in [-0.15, -0.1) is 0 Å². The van der Waals surface area contributed by atoms with Crippen LogP contribution in [0.5, 0.6) is 0 Å². The van der Waals surface area contributed by atoms with Gasteiger partial charge in [0.15, 0.2) is 0 Å². The van der Waals surface area contributed by atoms with E-state index in [-0.39, 0.29) is 0 Å². The van der Waals surface area contributed by atoms with Crippen LogP contribution >= 0.6 is 7.26 Å². The van der Waals surface area contributed by atoms with Gasteiger partial charge >= 0.3 is 228 Å². The van der Waals surface area contributed by atoms with E-state index in [1.54, 1.807) is 13.3 Å². The van der Waals surface area contributed by atoms with Crippen LogP contribution in [0, 0.1) is 0 Å². The van der Waals surface area contributed by atoms with Crippen LogP contribution in [0.25, 0.3) is 0 Å². The number of rotatable bonds is 16. The van der Waals surface area contributed by atoms with Gasteiger partial charge in [-0.1, -0.05) is 0 Å². The van der Waals surface area contributed by atoms with Crippen LogP contribution in [0.4, 0.5) is 0 Å². The van der Waals surface area contributed by atoms with Crippen molar-refractivity contribution in [1.29, 1.82) is 0 Å². The van der Waals surface area contributed by atoms with E-state index >= 15 is 0 Å². The molecule has 0 aromatic heterocycles. The number of allylic oxidation sites excluding steroid dienone is 1. The first kappa shape index (κ1) is 29.2. The van der Waals surface area contributed by atoms with E-state index in [2.05, 4.69) is 122 Å². The molecule has 3 aromatic carbocycles. The molecule has 0 aliphatic rings. The second-order valence-corrected chi connectivity index (χ2v) is 27.0. The first-order valence-electron chi connectivity index (χ1n) is 14.4. The minimum absolute atomic E-state index is 1.18. The van der Waals surface area contributed by atoms with E-state index in [0.29, 0.717) is 0 Å². The van der Waals surface area contributed by atoms with Crippen molar-refractivity contribution in [3.63, 3.8) is 0 Å². The molecule has 0 radical (unpaired) electrons. The number of unbranched alkanes of at least 4 members (excludes halogenated alkanes) is 3. The molecular weight excluding hydrogens is 558 g/mol. The fourth-order valence-electron chi connectivity index (χ4n) is 5.69. The summed E-state index contributed by atoms with van der Waals surface area (Å²) >= 11 is -2.25. The molecule has 0 aliphatic heterocycles. The Morgan fingerprint density at radius 3 is 1.25 bits per heavy atom. The molecule has 0 saturated heterocycles. The van der Waals surface area contributed by atoms with Gasteiger partial charge in [-0.3, -0.25) is 0 Å². The summed E-state index contributed by atoms with van der Waals surface area (Å²) in [4.78, 5) is 0. The summed E-state index contributed by atoms with van der Waals surface area (Å²) in [5, 5.41) is 4.52. The molecule has 0 saturated carbocycles. The Morgan fingerprint density at radius 1 is 0.556 bits per heavy atom. The molecule has 0 spiro atoms. The quantitative estimate of drug-likeness (QED) is 0.113. The molecule has 0 fully saturated rings. The van der Waals surface area contributed by atoms with Gasteiger partial charge in [-0.2, -0.15) is 0 Å². The van der Waals surface area contributed by atoms with E-state index in [0.717, 1.165) is 0 Å². The molecule has 0 atom stereocenters. The third-order valence-corrected chi connectivity index (χ3v) is 26.5. The Kier molecular flexibility index (Phi) is 12.8. The van der Waals surface area contributed by atoms with Crippen LogP contribution < -0.4 is 15.9 Å². The molecule has 0 unspecified atom stereocenters. The molecule has 0 amide bonds. The van der Waals surface area contributed by atoms with Crippen molar-refractivity contribution in [1.82, 2.24) is 0 Å². The first-order chi connectivity index (χ1) is 17.7. The Bertz CT molecular complexity index is 879. The Hall–Kier alpha value is -1.37. The van der Waals surface area contributed by atoms with E-state index in [1.165, 1.54) is 67.0 Å². The molecule has 3 aromatic rings. The van der Waals surface area contributed by atoms with Gasteiger partial charge in [-0.25, -0.2) is 0 Å². The minimum atomic E-state index is -2.25. The predicted octanol–water partition coefficient (Wildman–Crippen LogP) is 9.32. The molecule has 0 N–H and O–H groups in total. The molecule has 2 heteroatoms. The zero-order valence-electron chi connectivity index (χ0n) is 23.0. The van der Waals surface area contributed by atoms with Gasteiger partial charge in [0.2, 0.25) is 0 Å². The zero-order chi connectivity index (χ0) is 25.5. The third-order valence-electron chi connectivity index (χ3n) is 7.78. The molecule has 3 rings (SSSR count). The van der Waals surface area contributed by atoms with Crippen LogP contribution in [0.3, 0.4) is 0 Å². The maximum absolute atomic E-state index is 2.88. The van der Waals surface area contributed by atoms with Crippen LogP contribution in [0.15, 0.2) is 101 Å². The van der Waals surface area contributed by atoms with E-state index in [1.807, 2.05) is 0 Å². The Morgan fingerprint density at radius 2 is 0.917 bits per heavy atom. The second kappa shape index (κ2) is 15.8. The Balaban J connectivity index is 1.98. The van der Waals surface area contributed by atoms with Gasteiger partial charge in [0.25, 0.3) is 0 Å². The maximum atomic E-state index is 2.88. The molecule has 0 nitrogen and oxygen atoms in total. The Labute approximate surface area is 226 Å². The first-order valence-corrected chi connectivity index (χ1v) is 24.1. The summed E-state index contributed by atoms with van der Waals surface area (Å²) in [6.07, 6.45) is 13.4. The SMILES string of the molecule is CCC[CH2][Sn](/[CH]=C\CC[P+](c1ccccc1)(c1ccccc1)c1ccccc1)([CH2]CCC)[CH2]CCC. The van der Waals surface area contributed by atoms with Gasteiger partial charge < -0.3 is 0 Å². The van der Waals surface area contributed by atoms with Crippen molar-refractivity contribution in [3.8, 4) is 0 Å². The molecular formula is C34H48PSn+. The molecule has 36 heavy (non-hydrogen) atoms. The number of hydrogen-bond donors (Lipinski definition) is 0. The number of benzene rings is 3. The summed E-state index contributed by atoms with van der Waals surface area (Å²) in [5.41, 5.74) is 0. The van der Waals surface area contributed by atoms with E-state index in [4.69, 9.17) is 0 Å². The van der Waals surface area contributed by atoms with Crippen LogP contribution in [-0.4, -0.2) is 24.5 Å². The standard InChI is InChI=1S/C22H21P.3C4H9.Sn/c1-2-3-19-23(20-13-7-4-8-14-20,21-15-9-5-10-16-21)22-17-11-6-12-18-22;3*1-3-4-2;/h1-2,4-18H,3,19H2;3*1,3-4H2,2H3;/q+1;;;;. The zero-order valence-corrected chi connectivity index (χ0v) is 26.8. The average Bonchev–Trinajstić information content (AvgIpc) is 2.95.